The largest absolute Gasteiger partial charge is 0.342 e. The lowest BCUT2D eigenvalue weighted by molar-refractivity contribution is -0.138. The van der Waals surface area contributed by atoms with E-state index in [0.29, 0.717) is 13.1 Å². The van der Waals surface area contributed by atoms with E-state index in [-0.39, 0.29) is 17.9 Å². The highest BCUT2D eigenvalue weighted by atomic mass is 32.1. The van der Waals surface area contributed by atoms with Crippen molar-refractivity contribution < 1.29 is 9.59 Å². The van der Waals surface area contributed by atoms with Crippen molar-refractivity contribution in [3.63, 3.8) is 0 Å². The number of nitrogens with zero attached hydrogens (tertiary/aromatic N) is 2. The van der Waals surface area contributed by atoms with Crippen LogP contribution in [0.15, 0.2) is 11.4 Å². The number of likely N-dealkylation sites (N-methyl/N-ethyl adjacent to an activating group) is 1. The summed E-state index contributed by atoms with van der Waals surface area (Å²) in [5, 5.41) is 1.94. The summed E-state index contributed by atoms with van der Waals surface area (Å²) in [6.07, 6.45) is 4.86. The summed E-state index contributed by atoms with van der Waals surface area (Å²) in [5.74, 6) is 0.0956. The number of rotatable bonds is 6. The fourth-order valence-corrected chi connectivity index (χ4v) is 3.83. The molecule has 2 heterocycles. The molecule has 1 atom stereocenters. The maximum absolute atomic E-state index is 12.8. The van der Waals surface area contributed by atoms with E-state index < -0.39 is 0 Å². The minimum atomic E-state index is -0.291. The predicted molar refractivity (Wildman–Crippen MR) is 90.3 cm³/mol. The first-order chi connectivity index (χ1) is 10.6. The Morgan fingerprint density at radius 2 is 2.09 bits per heavy atom. The van der Waals surface area contributed by atoms with Crippen LogP contribution in [-0.2, 0) is 11.2 Å². The Kier molecular flexibility index (Phi) is 6.00. The minimum absolute atomic E-state index is 0.0150. The third-order valence-electron chi connectivity index (χ3n) is 4.20. The van der Waals surface area contributed by atoms with E-state index >= 15 is 0 Å². The zero-order valence-corrected chi connectivity index (χ0v) is 14.6. The molecule has 0 saturated carbocycles. The Hall–Kier alpha value is -1.36. The highest BCUT2D eigenvalue weighted by Crippen LogP contribution is 2.22. The van der Waals surface area contributed by atoms with Crippen LogP contribution in [0.1, 0.15) is 54.8 Å². The van der Waals surface area contributed by atoms with Gasteiger partial charge in [-0.05, 0) is 18.9 Å². The zero-order chi connectivity index (χ0) is 16.1. The molecular formula is C17H26N2O2S. The van der Waals surface area contributed by atoms with Crippen molar-refractivity contribution in [3.8, 4) is 0 Å². The maximum atomic E-state index is 12.8. The lowest BCUT2D eigenvalue weighted by atomic mass is 10.0. The molecule has 0 aromatic carbocycles. The van der Waals surface area contributed by atoms with Crippen LogP contribution in [0.2, 0.25) is 0 Å². The molecule has 1 aromatic rings. The molecule has 22 heavy (non-hydrogen) atoms. The van der Waals surface area contributed by atoms with Gasteiger partial charge < -0.3 is 9.80 Å². The Morgan fingerprint density at radius 3 is 2.77 bits per heavy atom. The van der Waals surface area contributed by atoms with Crippen LogP contribution in [0.4, 0.5) is 0 Å². The average Bonchev–Trinajstić information content (AvgIpc) is 2.97. The molecule has 4 nitrogen and oxygen atoms in total. The number of hydrogen-bond acceptors (Lipinski definition) is 3. The number of carbonyl (C=O) groups is 2. The first-order valence-corrected chi connectivity index (χ1v) is 9.09. The lowest BCUT2D eigenvalue weighted by Crippen LogP contribution is -2.57. The third-order valence-corrected chi connectivity index (χ3v) is 5.20. The van der Waals surface area contributed by atoms with E-state index in [1.165, 1.54) is 4.88 Å². The second-order valence-corrected chi connectivity index (χ2v) is 6.96. The molecule has 0 spiro atoms. The number of unbranched alkanes of at least 4 members (excludes halogenated alkanes) is 1. The van der Waals surface area contributed by atoms with E-state index in [1.54, 1.807) is 21.1 Å². The van der Waals surface area contributed by atoms with Crippen LogP contribution < -0.4 is 0 Å². The maximum Gasteiger partial charge on any atom is 0.255 e. The quantitative estimate of drug-likeness (QED) is 0.807. The van der Waals surface area contributed by atoms with Gasteiger partial charge in [0.15, 0.2) is 0 Å². The van der Waals surface area contributed by atoms with Crippen LogP contribution in [-0.4, -0.2) is 47.8 Å². The van der Waals surface area contributed by atoms with Crippen LogP contribution in [0, 0.1) is 0 Å². The van der Waals surface area contributed by atoms with Gasteiger partial charge in [0.2, 0.25) is 5.91 Å². The summed E-state index contributed by atoms with van der Waals surface area (Å²) in [7, 11) is 1.83. The molecule has 2 rings (SSSR count). The molecule has 2 amide bonds. The molecule has 1 saturated heterocycles. The molecule has 5 heteroatoms. The Bertz CT molecular complexity index is 526. The molecule has 0 N–H and O–H groups in total. The first kappa shape index (κ1) is 17.0. The Morgan fingerprint density at radius 1 is 1.32 bits per heavy atom. The number of carbonyl (C=O) groups excluding carboxylic acids is 2. The fraction of sp³-hybridized carbons (Fsp3) is 0.647. The van der Waals surface area contributed by atoms with Gasteiger partial charge in [-0.2, -0.15) is 0 Å². The van der Waals surface area contributed by atoms with Gasteiger partial charge in [0.1, 0.15) is 6.04 Å². The Labute approximate surface area is 137 Å². The van der Waals surface area contributed by atoms with Crippen molar-refractivity contribution in [2.24, 2.45) is 0 Å². The lowest BCUT2D eigenvalue weighted by Gasteiger charge is -2.39. The van der Waals surface area contributed by atoms with Crippen LogP contribution in [0.5, 0.6) is 0 Å². The highest BCUT2D eigenvalue weighted by Gasteiger charge is 2.35. The fourth-order valence-electron chi connectivity index (χ4n) is 2.87. The molecule has 1 fully saturated rings. The Balaban J connectivity index is 2.15. The van der Waals surface area contributed by atoms with E-state index in [1.807, 2.05) is 18.5 Å². The summed E-state index contributed by atoms with van der Waals surface area (Å²) >= 11 is 1.64. The molecule has 1 aliphatic rings. The topological polar surface area (TPSA) is 40.6 Å². The van der Waals surface area contributed by atoms with E-state index in [9.17, 15) is 9.59 Å². The summed E-state index contributed by atoms with van der Waals surface area (Å²) in [6, 6.07) is 1.71. The van der Waals surface area contributed by atoms with Crippen molar-refractivity contribution in [2.45, 2.75) is 52.0 Å². The second kappa shape index (κ2) is 7.77. The van der Waals surface area contributed by atoms with E-state index in [4.69, 9.17) is 0 Å². The standard InChI is InChI=1S/C17H26N2O2S/c1-4-6-8-15-17(21)18(3)9-10-19(15)16(20)13-11-14(7-5-2)22-12-13/h11-12,15H,4-10H2,1-3H3/t15-/m1/s1. The normalized spacial score (nSPS) is 18.9. The summed E-state index contributed by atoms with van der Waals surface area (Å²) < 4.78 is 0. The molecular weight excluding hydrogens is 296 g/mol. The third kappa shape index (κ3) is 3.69. The summed E-state index contributed by atoms with van der Waals surface area (Å²) in [6.45, 7) is 5.51. The summed E-state index contributed by atoms with van der Waals surface area (Å²) in [4.78, 5) is 30.0. The van der Waals surface area contributed by atoms with Gasteiger partial charge in [0, 0.05) is 30.4 Å². The number of hydrogen-bond donors (Lipinski definition) is 0. The first-order valence-electron chi connectivity index (χ1n) is 8.21. The SMILES string of the molecule is CCCC[C@@H]1C(=O)N(C)CCN1C(=O)c1csc(CCC)c1. The van der Waals surface area contributed by atoms with Gasteiger partial charge in [0.25, 0.3) is 5.91 Å². The zero-order valence-electron chi connectivity index (χ0n) is 13.8. The van der Waals surface area contributed by atoms with E-state index in [0.717, 1.165) is 37.7 Å². The van der Waals surface area contributed by atoms with E-state index in [2.05, 4.69) is 13.8 Å². The predicted octanol–water partition coefficient (Wildman–Crippen LogP) is 3.17. The van der Waals surface area contributed by atoms with Crippen molar-refractivity contribution in [1.82, 2.24) is 9.80 Å². The average molecular weight is 322 g/mol. The molecule has 0 radical (unpaired) electrons. The second-order valence-electron chi connectivity index (χ2n) is 5.97. The van der Waals surface area contributed by atoms with Crippen molar-refractivity contribution in [2.75, 3.05) is 20.1 Å². The van der Waals surface area contributed by atoms with Gasteiger partial charge in [0.05, 0.1) is 5.56 Å². The number of piperazine rings is 1. The number of amides is 2. The molecule has 0 bridgehead atoms. The molecule has 1 aliphatic heterocycles. The molecule has 1 aromatic heterocycles. The van der Waals surface area contributed by atoms with Gasteiger partial charge in [-0.25, -0.2) is 0 Å². The van der Waals surface area contributed by atoms with Crippen LogP contribution in [0.3, 0.4) is 0 Å². The monoisotopic (exact) mass is 322 g/mol. The van der Waals surface area contributed by atoms with Crippen molar-refractivity contribution >= 4 is 23.2 Å². The van der Waals surface area contributed by atoms with Crippen molar-refractivity contribution in [3.05, 3.63) is 21.9 Å². The summed E-state index contributed by atoms with van der Waals surface area (Å²) in [5.41, 5.74) is 0.743. The van der Waals surface area contributed by atoms with Crippen LogP contribution >= 0.6 is 11.3 Å². The number of aryl methyl sites for hydroxylation is 1. The minimum Gasteiger partial charge on any atom is -0.342 e. The molecule has 0 unspecified atom stereocenters. The van der Waals surface area contributed by atoms with Gasteiger partial charge >= 0.3 is 0 Å². The van der Waals surface area contributed by atoms with Crippen molar-refractivity contribution in [1.29, 1.82) is 0 Å². The smallest absolute Gasteiger partial charge is 0.255 e. The molecule has 122 valence electrons. The highest BCUT2D eigenvalue weighted by molar-refractivity contribution is 7.10. The van der Waals surface area contributed by atoms with Gasteiger partial charge in [-0.1, -0.05) is 33.1 Å². The molecule has 0 aliphatic carbocycles. The number of thiophene rings is 1. The van der Waals surface area contributed by atoms with Crippen LogP contribution in [0.25, 0.3) is 0 Å². The van der Waals surface area contributed by atoms with Gasteiger partial charge in [-0.15, -0.1) is 11.3 Å². The van der Waals surface area contributed by atoms with Gasteiger partial charge in [-0.3, -0.25) is 9.59 Å².